The lowest BCUT2D eigenvalue weighted by Gasteiger charge is -2.29. The molecule has 0 radical (unpaired) electrons. The molecule has 0 amide bonds. The number of carbonyl (C=O) groups excluding carboxylic acids is 1. The maximum absolute atomic E-state index is 11.6. The van der Waals surface area contributed by atoms with Gasteiger partial charge < -0.3 is 4.74 Å². The molecule has 0 heterocycles. The molecule has 0 unspecified atom stereocenters. The van der Waals surface area contributed by atoms with Crippen molar-refractivity contribution in [2.45, 2.75) is 26.7 Å². The van der Waals surface area contributed by atoms with Crippen LogP contribution in [0.1, 0.15) is 26.7 Å². The van der Waals surface area contributed by atoms with Crippen LogP contribution in [0.15, 0.2) is 23.8 Å². The molecule has 2 nitrogen and oxygen atoms in total. The summed E-state index contributed by atoms with van der Waals surface area (Å²) in [4.78, 5) is 11.6. The number of rotatable bonds is 2. The van der Waals surface area contributed by atoms with Crippen molar-refractivity contribution in [3.63, 3.8) is 0 Å². The monoisotopic (exact) mass is 180 g/mol. The highest BCUT2D eigenvalue weighted by molar-refractivity contribution is 5.83. The van der Waals surface area contributed by atoms with Crippen LogP contribution in [0.4, 0.5) is 0 Å². The summed E-state index contributed by atoms with van der Waals surface area (Å²) in [6.07, 6.45) is 7.76. The lowest BCUT2D eigenvalue weighted by Crippen LogP contribution is -2.32. The van der Waals surface area contributed by atoms with Crippen LogP contribution in [0.25, 0.3) is 0 Å². The van der Waals surface area contributed by atoms with Crippen LogP contribution in [-0.4, -0.2) is 13.1 Å². The normalized spacial score (nSPS) is 26.8. The van der Waals surface area contributed by atoms with Crippen LogP contribution >= 0.6 is 0 Å². The van der Waals surface area contributed by atoms with E-state index in [1.807, 2.05) is 26.0 Å². The van der Waals surface area contributed by atoms with Gasteiger partial charge in [-0.05, 0) is 19.8 Å². The summed E-state index contributed by atoms with van der Waals surface area (Å²) < 4.78 is 4.82. The van der Waals surface area contributed by atoms with Crippen molar-refractivity contribution in [3.05, 3.63) is 23.8 Å². The van der Waals surface area contributed by atoms with Gasteiger partial charge in [0.15, 0.2) is 0 Å². The highest BCUT2D eigenvalue weighted by Gasteiger charge is 2.37. The molecule has 13 heavy (non-hydrogen) atoms. The van der Waals surface area contributed by atoms with Gasteiger partial charge >= 0.3 is 5.97 Å². The van der Waals surface area contributed by atoms with Crippen molar-refractivity contribution in [3.8, 4) is 0 Å². The molecule has 1 atom stereocenters. The smallest absolute Gasteiger partial charge is 0.319 e. The Balaban J connectivity index is 3.03. The highest BCUT2D eigenvalue weighted by atomic mass is 16.5. The Labute approximate surface area is 79.3 Å². The van der Waals surface area contributed by atoms with Crippen LogP contribution in [0.2, 0.25) is 0 Å². The molecular formula is C11H16O2. The average Bonchev–Trinajstić information content (AvgIpc) is 2.18. The van der Waals surface area contributed by atoms with Gasteiger partial charge in [-0.1, -0.05) is 30.7 Å². The zero-order chi connectivity index (χ0) is 9.90. The van der Waals surface area contributed by atoms with Crippen molar-refractivity contribution < 1.29 is 9.53 Å². The minimum atomic E-state index is -0.493. The SMILES string of the molecule is CC[C@]1(C(=O)OC)C=CCC=C1C. The van der Waals surface area contributed by atoms with E-state index < -0.39 is 5.41 Å². The van der Waals surface area contributed by atoms with Gasteiger partial charge in [-0.15, -0.1) is 0 Å². The standard InChI is InChI=1S/C11H16O2/c1-4-11(10(12)13-3)8-6-5-7-9(11)2/h6-8H,4-5H2,1-3H3/t11-/m0/s1. The summed E-state index contributed by atoms with van der Waals surface area (Å²) in [5, 5.41) is 0. The first-order chi connectivity index (χ1) is 6.17. The Morgan fingerprint density at radius 2 is 2.38 bits per heavy atom. The first kappa shape index (κ1) is 10.0. The zero-order valence-corrected chi connectivity index (χ0v) is 8.46. The average molecular weight is 180 g/mol. The quantitative estimate of drug-likeness (QED) is 0.482. The van der Waals surface area contributed by atoms with E-state index in [1.165, 1.54) is 7.11 Å². The van der Waals surface area contributed by atoms with Gasteiger partial charge in [-0.3, -0.25) is 4.79 Å². The summed E-state index contributed by atoms with van der Waals surface area (Å²) in [6.45, 7) is 3.99. The predicted molar refractivity (Wildman–Crippen MR) is 52.3 cm³/mol. The van der Waals surface area contributed by atoms with E-state index in [9.17, 15) is 4.79 Å². The second-order valence-electron chi connectivity index (χ2n) is 3.34. The second-order valence-corrected chi connectivity index (χ2v) is 3.34. The van der Waals surface area contributed by atoms with Gasteiger partial charge in [0.25, 0.3) is 0 Å². The minimum Gasteiger partial charge on any atom is -0.468 e. The van der Waals surface area contributed by atoms with Crippen LogP contribution in [0.5, 0.6) is 0 Å². The third-order valence-electron chi connectivity index (χ3n) is 2.77. The molecule has 0 aliphatic heterocycles. The fraction of sp³-hybridized carbons (Fsp3) is 0.545. The van der Waals surface area contributed by atoms with E-state index in [0.29, 0.717) is 0 Å². The highest BCUT2D eigenvalue weighted by Crippen LogP contribution is 2.37. The van der Waals surface area contributed by atoms with Crippen LogP contribution in [0.3, 0.4) is 0 Å². The maximum Gasteiger partial charge on any atom is 0.319 e. The minimum absolute atomic E-state index is 0.153. The third-order valence-corrected chi connectivity index (χ3v) is 2.77. The number of methoxy groups -OCH3 is 1. The van der Waals surface area contributed by atoms with E-state index in [2.05, 4.69) is 6.08 Å². The fourth-order valence-corrected chi connectivity index (χ4v) is 1.78. The topological polar surface area (TPSA) is 26.3 Å². The molecule has 72 valence electrons. The Bertz CT molecular complexity index is 263. The summed E-state index contributed by atoms with van der Waals surface area (Å²) in [5.74, 6) is -0.153. The van der Waals surface area contributed by atoms with Crippen molar-refractivity contribution in [2.24, 2.45) is 5.41 Å². The van der Waals surface area contributed by atoms with Crippen LogP contribution in [0, 0.1) is 5.41 Å². The van der Waals surface area contributed by atoms with Crippen LogP contribution < -0.4 is 0 Å². The van der Waals surface area contributed by atoms with Crippen molar-refractivity contribution in [1.29, 1.82) is 0 Å². The van der Waals surface area contributed by atoms with E-state index in [4.69, 9.17) is 4.74 Å². The number of carbonyl (C=O) groups is 1. The Morgan fingerprint density at radius 3 is 2.85 bits per heavy atom. The lowest BCUT2D eigenvalue weighted by atomic mass is 9.75. The van der Waals surface area contributed by atoms with Gasteiger partial charge in [0.05, 0.1) is 7.11 Å². The Hall–Kier alpha value is -1.05. The molecule has 0 saturated carbocycles. The lowest BCUT2D eigenvalue weighted by molar-refractivity contribution is -0.148. The first-order valence-corrected chi connectivity index (χ1v) is 4.60. The number of esters is 1. The molecular weight excluding hydrogens is 164 g/mol. The van der Waals surface area contributed by atoms with Gasteiger partial charge in [0.2, 0.25) is 0 Å². The van der Waals surface area contributed by atoms with E-state index in [1.54, 1.807) is 0 Å². The number of hydrogen-bond donors (Lipinski definition) is 0. The van der Waals surface area contributed by atoms with E-state index >= 15 is 0 Å². The molecule has 0 saturated heterocycles. The molecule has 1 aliphatic carbocycles. The third kappa shape index (κ3) is 1.53. The summed E-state index contributed by atoms with van der Waals surface area (Å²) in [7, 11) is 1.44. The molecule has 0 aromatic heterocycles. The maximum atomic E-state index is 11.6. The number of allylic oxidation sites excluding steroid dienone is 2. The molecule has 2 heteroatoms. The second kappa shape index (κ2) is 3.77. The van der Waals surface area contributed by atoms with Gasteiger partial charge in [0.1, 0.15) is 5.41 Å². The predicted octanol–water partition coefficient (Wildman–Crippen LogP) is 2.46. The zero-order valence-electron chi connectivity index (χ0n) is 8.46. The number of hydrogen-bond acceptors (Lipinski definition) is 2. The van der Waals surface area contributed by atoms with E-state index in [0.717, 1.165) is 18.4 Å². The molecule has 0 aromatic rings. The Morgan fingerprint density at radius 1 is 1.69 bits per heavy atom. The van der Waals surface area contributed by atoms with Crippen LogP contribution in [-0.2, 0) is 9.53 Å². The fourth-order valence-electron chi connectivity index (χ4n) is 1.78. The van der Waals surface area contributed by atoms with Crippen molar-refractivity contribution in [1.82, 2.24) is 0 Å². The largest absolute Gasteiger partial charge is 0.468 e. The molecule has 0 spiro atoms. The summed E-state index contributed by atoms with van der Waals surface area (Å²) in [6, 6.07) is 0. The molecule has 1 aliphatic rings. The number of ether oxygens (including phenoxy) is 1. The van der Waals surface area contributed by atoms with E-state index in [-0.39, 0.29) is 5.97 Å². The van der Waals surface area contributed by atoms with Crippen molar-refractivity contribution in [2.75, 3.05) is 7.11 Å². The van der Waals surface area contributed by atoms with Gasteiger partial charge in [-0.25, -0.2) is 0 Å². The molecule has 0 bridgehead atoms. The first-order valence-electron chi connectivity index (χ1n) is 4.60. The van der Waals surface area contributed by atoms with Gasteiger partial charge in [0, 0.05) is 0 Å². The Kier molecular flexibility index (Phi) is 2.91. The molecule has 0 N–H and O–H groups in total. The molecule has 0 aromatic carbocycles. The molecule has 0 fully saturated rings. The van der Waals surface area contributed by atoms with Crippen molar-refractivity contribution >= 4 is 5.97 Å². The summed E-state index contributed by atoms with van der Waals surface area (Å²) in [5.41, 5.74) is 0.608. The summed E-state index contributed by atoms with van der Waals surface area (Å²) >= 11 is 0. The van der Waals surface area contributed by atoms with Gasteiger partial charge in [-0.2, -0.15) is 0 Å². The molecule has 1 rings (SSSR count).